The Morgan fingerprint density at radius 1 is 1.27 bits per heavy atom. The summed E-state index contributed by atoms with van der Waals surface area (Å²) < 4.78 is 1.03. The molecule has 0 radical (unpaired) electrons. The average Bonchev–Trinajstić information content (AvgIpc) is 3.04. The van der Waals surface area contributed by atoms with Crippen LogP contribution in [0.25, 0.3) is 15.8 Å². The van der Waals surface area contributed by atoms with Crippen molar-refractivity contribution >= 4 is 38.9 Å². The molecule has 0 atom stereocenters. The summed E-state index contributed by atoms with van der Waals surface area (Å²) in [5.41, 5.74) is 3.86. The van der Waals surface area contributed by atoms with E-state index < -0.39 is 0 Å². The molecule has 2 aromatic rings. The topological polar surface area (TPSA) is 53.5 Å². The van der Waals surface area contributed by atoms with Crippen molar-refractivity contribution in [2.75, 3.05) is 27.2 Å². The van der Waals surface area contributed by atoms with Gasteiger partial charge in [-0.25, -0.2) is 4.98 Å². The first-order chi connectivity index (χ1) is 12.3. The van der Waals surface area contributed by atoms with Gasteiger partial charge in [0.1, 0.15) is 5.01 Å². The lowest BCUT2D eigenvalue weighted by Crippen LogP contribution is -2.33. The minimum atomic E-state index is 0.00314. The van der Waals surface area contributed by atoms with E-state index in [4.69, 9.17) is 4.98 Å². The number of carbonyl (C=O) groups is 2. The molecule has 0 fully saturated rings. The lowest BCUT2D eigenvalue weighted by molar-refractivity contribution is -0.128. The van der Waals surface area contributed by atoms with Crippen LogP contribution in [0.4, 0.5) is 0 Å². The molecule has 1 aromatic heterocycles. The Kier molecular flexibility index (Phi) is 5.14. The highest BCUT2D eigenvalue weighted by molar-refractivity contribution is 7.19. The fourth-order valence-corrected chi connectivity index (χ4v) is 4.25. The van der Waals surface area contributed by atoms with Crippen LogP contribution in [0, 0.1) is 0 Å². The highest BCUT2D eigenvalue weighted by Crippen LogP contribution is 2.34. The zero-order valence-electron chi connectivity index (χ0n) is 16.0. The van der Waals surface area contributed by atoms with Crippen LogP contribution in [0.2, 0.25) is 0 Å². The minimum absolute atomic E-state index is 0.00314. The second-order valence-corrected chi connectivity index (χ2v) is 8.27. The molecule has 1 aliphatic rings. The summed E-state index contributed by atoms with van der Waals surface area (Å²) in [6.45, 7) is 7.22. The van der Waals surface area contributed by atoms with E-state index in [2.05, 4.69) is 19.9 Å². The van der Waals surface area contributed by atoms with Gasteiger partial charge in [-0.1, -0.05) is 19.9 Å². The Morgan fingerprint density at radius 3 is 2.62 bits per heavy atom. The summed E-state index contributed by atoms with van der Waals surface area (Å²) in [6, 6.07) is 3.91. The predicted octanol–water partition coefficient (Wildman–Crippen LogP) is 3.76. The molecule has 3 rings (SSSR count). The number of carbonyl (C=O) groups excluding carboxylic acids is 2. The van der Waals surface area contributed by atoms with Gasteiger partial charge in [-0.05, 0) is 30.0 Å². The second-order valence-electron chi connectivity index (χ2n) is 7.24. The highest BCUT2D eigenvalue weighted by atomic mass is 32.1. The van der Waals surface area contributed by atoms with Gasteiger partial charge in [0.2, 0.25) is 5.91 Å². The SMILES string of the molecule is CC(=O)N1CCC=C(c2nc3c(C(C)C)cc(C(=O)N(C)C)cc3s2)C1. The lowest BCUT2D eigenvalue weighted by Gasteiger charge is -2.25. The van der Waals surface area contributed by atoms with E-state index in [1.807, 2.05) is 17.0 Å². The Balaban J connectivity index is 2.07. The molecule has 6 heteroatoms. The first-order valence-corrected chi connectivity index (χ1v) is 9.70. The molecule has 0 saturated heterocycles. The van der Waals surface area contributed by atoms with E-state index in [0.29, 0.717) is 12.1 Å². The molecule has 0 unspecified atom stereocenters. The van der Waals surface area contributed by atoms with Gasteiger partial charge < -0.3 is 9.80 Å². The molecule has 1 aliphatic heterocycles. The van der Waals surface area contributed by atoms with Gasteiger partial charge in [-0.2, -0.15) is 0 Å². The summed E-state index contributed by atoms with van der Waals surface area (Å²) >= 11 is 1.60. The largest absolute Gasteiger partial charge is 0.345 e. The molecule has 0 bridgehead atoms. The number of fused-ring (bicyclic) bond motifs is 1. The van der Waals surface area contributed by atoms with Crippen molar-refractivity contribution in [2.45, 2.75) is 33.1 Å². The van der Waals surface area contributed by atoms with Crippen LogP contribution in [0.1, 0.15) is 54.0 Å². The predicted molar refractivity (Wildman–Crippen MR) is 107 cm³/mol. The first kappa shape index (κ1) is 18.6. The van der Waals surface area contributed by atoms with E-state index >= 15 is 0 Å². The van der Waals surface area contributed by atoms with E-state index in [-0.39, 0.29) is 17.7 Å². The molecule has 2 amide bonds. The first-order valence-electron chi connectivity index (χ1n) is 8.89. The van der Waals surface area contributed by atoms with Gasteiger partial charge in [-0.3, -0.25) is 9.59 Å². The summed E-state index contributed by atoms with van der Waals surface area (Å²) in [5, 5.41) is 0.947. The molecule has 5 nitrogen and oxygen atoms in total. The average molecular weight is 372 g/mol. The van der Waals surface area contributed by atoms with Gasteiger partial charge in [0.15, 0.2) is 0 Å². The number of thiazole rings is 1. The normalized spacial score (nSPS) is 14.7. The summed E-state index contributed by atoms with van der Waals surface area (Å²) in [6.07, 6.45) is 3.03. The van der Waals surface area contributed by atoms with Crippen molar-refractivity contribution in [2.24, 2.45) is 0 Å². The van der Waals surface area contributed by atoms with Crippen LogP contribution in [0.5, 0.6) is 0 Å². The van der Waals surface area contributed by atoms with Gasteiger partial charge >= 0.3 is 0 Å². The maximum Gasteiger partial charge on any atom is 0.253 e. The fraction of sp³-hybridized carbons (Fsp3) is 0.450. The molecule has 138 valence electrons. The van der Waals surface area contributed by atoms with Crippen molar-refractivity contribution < 1.29 is 9.59 Å². The van der Waals surface area contributed by atoms with E-state index in [1.54, 1.807) is 37.3 Å². The summed E-state index contributed by atoms with van der Waals surface area (Å²) in [5.74, 6) is 0.373. The smallest absolute Gasteiger partial charge is 0.253 e. The number of aromatic nitrogens is 1. The fourth-order valence-electron chi connectivity index (χ4n) is 3.18. The molecule has 0 spiro atoms. The second kappa shape index (κ2) is 7.19. The lowest BCUT2D eigenvalue weighted by atomic mass is 9.99. The van der Waals surface area contributed by atoms with Crippen molar-refractivity contribution in [3.05, 3.63) is 34.3 Å². The Labute approximate surface area is 158 Å². The zero-order valence-corrected chi connectivity index (χ0v) is 16.8. The quantitative estimate of drug-likeness (QED) is 0.825. The monoisotopic (exact) mass is 371 g/mol. The zero-order chi connectivity index (χ0) is 19.0. The molecule has 1 aromatic carbocycles. The molecule has 0 aliphatic carbocycles. The van der Waals surface area contributed by atoms with Gasteiger partial charge in [0.25, 0.3) is 5.91 Å². The Bertz CT molecular complexity index is 896. The third-order valence-electron chi connectivity index (χ3n) is 4.67. The molecule has 26 heavy (non-hydrogen) atoms. The van der Waals surface area contributed by atoms with Gasteiger partial charge in [0.05, 0.1) is 10.2 Å². The van der Waals surface area contributed by atoms with Crippen molar-refractivity contribution in [1.82, 2.24) is 14.8 Å². The molecular formula is C20H25N3O2S. The van der Waals surface area contributed by atoms with Crippen LogP contribution in [0.15, 0.2) is 18.2 Å². The number of amides is 2. The van der Waals surface area contributed by atoms with Crippen LogP contribution in [-0.4, -0.2) is 53.8 Å². The van der Waals surface area contributed by atoms with Gasteiger partial charge in [-0.15, -0.1) is 11.3 Å². The van der Waals surface area contributed by atoms with Crippen LogP contribution >= 0.6 is 11.3 Å². The van der Waals surface area contributed by atoms with E-state index in [9.17, 15) is 9.59 Å². The number of hydrogen-bond donors (Lipinski definition) is 0. The maximum absolute atomic E-state index is 12.4. The van der Waals surface area contributed by atoms with Crippen LogP contribution in [-0.2, 0) is 4.79 Å². The Hall–Kier alpha value is -2.21. The number of rotatable bonds is 3. The molecular weight excluding hydrogens is 346 g/mol. The number of nitrogens with zero attached hydrogens (tertiary/aromatic N) is 3. The number of benzene rings is 1. The molecule has 0 saturated carbocycles. The van der Waals surface area contributed by atoms with Crippen LogP contribution < -0.4 is 0 Å². The standard InChI is InChI=1S/C20H25N3O2S/c1-12(2)16-9-15(20(25)22(4)5)10-17-18(16)21-19(26-17)14-7-6-8-23(11-14)13(3)24/h7,9-10,12H,6,8,11H2,1-5H3. The van der Waals surface area contributed by atoms with Crippen molar-refractivity contribution in [1.29, 1.82) is 0 Å². The van der Waals surface area contributed by atoms with Crippen molar-refractivity contribution in [3.8, 4) is 0 Å². The van der Waals surface area contributed by atoms with Crippen LogP contribution in [0.3, 0.4) is 0 Å². The number of hydrogen-bond acceptors (Lipinski definition) is 4. The van der Waals surface area contributed by atoms with E-state index in [0.717, 1.165) is 39.3 Å². The Morgan fingerprint density at radius 2 is 2.00 bits per heavy atom. The van der Waals surface area contributed by atoms with Crippen molar-refractivity contribution in [3.63, 3.8) is 0 Å². The van der Waals surface area contributed by atoms with E-state index in [1.165, 1.54) is 0 Å². The minimum Gasteiger partial charge on any atom is -0.345 e. The summed E-state index contributed by atoms with van der Waals surface area (Å²) in [7, 11) is 3.53. The molecule has 2 heterocycles. The maximum atomic E-state index is 12.4. The molecule has 0 N–H and O–H groups in total. The third-order valence-corrected chi connectivity index (χ3v) is 5.75. The van der Waals surface area contributed by atoms with Gasteiger partial charge in [0, 0.05) is 45.2 Å². The third kappa shape index (κ3) is 3.51. The summed E-state index contributed by atoms with van der Waals surface area (Å²) in [4.78, 5) is 32.5. The highest BCUT2D eigenvalue weighted by Gasteiger charge is 2.21.